The minimum atomic E-state index is -0.140. The predicted molar refractivity (Wildman–Crippen MR) is 149 cm³/mol. The van der Waals surface area contributed by atoms with Crippen molar-refractivity contribution in [1.29, 1.82) is 0 Å². The lowest BCUT2D eigenvalue weighted by Gasteiger charge is -2.20. The second-order valence-electron chi connectivity index (χ2n) is 10.1. The summed E-state index contributed by atoms with van der Waals surface area (Å²) in [6, 6.07) is 26.0. The molecule has 4 aromatic rings. The molecule has 0 fully saturated rings. The topological polar surface area (TPSA) is 46.2 Å². The van der Waals surface area contributed by atoms with Crippen molar-refractivity contribution in [3.8, 4) is 0 Å². The molecule has 0 heterocycles. The zero-order valence-electron chi connectivity index (χ0n) is 21.2. The van der Waals surface area contributed by atoms with Gasteiger partial charge in [-0.05, 0) is 107 Å². The van der Waals surface area contributed by atoms with Crippen molar-refractivity contribution < 1.29 is 9.59 Å². The normalized spacial score (nSPS) is 13.6. The van der Waals surface area contributed by atoms with Gasteiger partial charge in [-0.2, -0.15) is 0 Å². The second kappa shape index (κ2) is 9.33. The van der Waals surface area contributed by atoms with Crippen LogP contribution in [0.25, 0.3) is 11.6 Å². The fourth-order valence-corrected chi connectivity index (χ4v) is 5.83. The van der Waals surface area contributed by atoms with Gasteiger partial charge in [-0.25, -0.2) is 0 Å². The number of rotatable bonds is 4. The lowest BCUT2D eigenvalue weighted by molar-refractivity contribution is 0.102. The minimum Gasteiger partial charge on any atom is -0.322 e. The third-order valence-electron chi connectivity index (χ3n) is 7.79. The molecule has 3 nitrogen and oxygen atoms in total. The van der Waals surface area contributed by atoms with Crippen molar-refractivity contribution in [2.75, 3.05) is 5.32 Å². The van der Waals surface area contributed by atoms with Gasteiger partial charge in [-0.1, -0.05) is 60.7 Å². The summed E-state index contributed by atoms with van der Waals surface area (Å²) in [4.78, 5) is 26.5. The first-order valence-electron chi connectivity index (χ1n) is 13.0. The number of hydrogen-bond donors (Lipinski definition) is 1. The largest absolute Gasteiger partial charge is 0.322 e. The van der Waals surface area contributed by atoms with Crippen LogP contribution in [-0.4, -0.2) is 11.7 Å². The van der Waals surface area contributed by atoms with Crippen LogP contribution >= 0.6 is 0 Å². The van der Waals surface area contributed by atoms with Crippen molar-refractivity contribution >= 4 is 29.0 Å². The summed E-state index contributed by atoms with van der Waals surface area (Å²) in [5, 5.41) is 7.99. The van der Waals surface area contributed by atoms with Crippen LogP contribution in [0.5, 0.6) is 0 Å². The predicted octanol–water partition coefficient (Wildman–Crippen LogP) is 5.55. The van der Waals surface area contributed by atoms with E-state index in [4.69, 9.17) is 0 Å². The Bertz CT molecular complexity index is 1810. The molecule has 0 spiro atoms. The first-order chi connectivity index (χ1) is 18.0. The van der Waals surface area contributed by atoms with Crippen LogP contribution in [0, 0.1) is 24.3 Å². The molecule has 0 aliphatic heterocycles. The molecule has 0 bridgehead atoms. The van der Waals surface area contributed by atoms with Crippen LogP contribution in [0.3, 0.4) is 0 Å². The van der Waals surface area contributed by atoms with Crippen molar-refractivity contribution in [2.24, 2.45) is 0 Å². The molecule has 6 rings (SSSR count). The minimum absolute atomic E-state index is 0.0842. The van der Waals surface area contributed by atoms with E-state index in [1.165, 1.54) is 26.8 Å². The Morgan fingerprint density at radius 3 is 2.35 bits per heavy atom. The molecule has 1 amide bonds. The number of anilines is 1. The van der Waals surface area contributed by atoms with E-state index in [1.807, 2.05) is 56.3 Å². The van der Waals surface area contributed by atoms with Gasteiger partial charge in [0.15, 0.2) is 5.78 Å². The highest BCUT2D eigenvalue weighted by atomic mass is 16.1. The molecule has 0 saturated heterocycles. The van der Waals surface area contributed by atoms with E-state index in [0.717, 1.165) is 53.3 Å². The molecular weight excluding hydrogens is 454 g/mol. The molecule has 0 saturated carbocycles. The molecule has 2 aliphatic carbocycles. The van der Waals surface area contributed by atoms with Crippen LogP contribution in [0.15, 0.2) is 78.9 Å². The molecule has 0 radical (unpaired) electrons. The van der Waals surface area contributed by atoms with Gasteiger partial charge in [-0.15, -0.1) is 0 Å². The zero-order chi connectivity index (χ0) is 25.5. The molecule has 0 unspecified atom stereocenters. The monoisotopic (exact) mass is 483 g/mol. The number of benzene rings is 4. The second-order valence-corrected chi connectivity index (χ2v) is 10.1. The molecule has 4 aromatic carbocycles. The summed E-state index contributed by atoms with van der Waals surface area (Å²) in [5.41, 5.74) is 7.45. The number of hydrogen-bond acceptors (Lipinski definition) is 2. The molecular formula is C34H29NO2. The highest BCUT2D eigenvalue weighted by Crippen LogP contribution is 2.26. The Hall–Kier alpha value is -4.24. The van der Waals surface area contributed by atoms with Gasteiger partial charge in [0, 0.05) is 22.4 Å². The fourth-order valence-electron chi connectivity index (χ4n) is 5.83. The average molecular weight is 484 g/mol. The number of aryl methyl sites for hydroxylation is 2. The summed E-state index contributed by atoms with van der Waals surface area (Å²) < 4.78 is 0. The van der Waals surface area contributed by atoms with Crippen molar-refractivity contribution in [2.45, 2.75) is 39.5 Å². The van der Waals surface area contributed by atoms with E-state index < -0.39 is 0 Å². The maximum absolute atomic E-state index is 13.7. The van der Waals surface area contributed by atoms with Gasteiger partial charge in [-0.3, -0.25) is 9.59 Å². The van der Waals surface area contributed by atoms with Crippen molar-refractivity contribution in [3.63, 3.8) is 0 Å². The maximum Gasteiger partial charge on any atom is 0.255 e. The average Bonchev–Trinajstić information content (AvgIpc) is 2.93. The van der Waals surface area contributed by atoms with E-state index in [-0.39, 0.29) is 11.7 Å². The van der Waals surface area contributed by atoms with E-state index in [2.05, 4.69) is 47.8 Å². The standard InChI is InChI=1S/C34H29NO2/c1-21-8-3-5-10-25(21)34(37)35-32-19-15-24(20-22(32)2)33(36)31-13-7-12-27-29-16-14-23-9-4-6-11-26(23)28(29)17-18-30(27)31/h3-6,8-11,14-15,17-20H,7,12-13,16H2,1-2H3,(H,35,37). The van der Waals surface area contributed by atoms with Gasteiger partial charge in [0.1, 0.15) is 0 Å². The Morgan fingerprint density at radius 2 is 1.51 bits per heavy atom. The molecule has 182 valence electrons. The zero-order valence-corrected chi connectivity index (χ0v) is 21.2. The smallest absolute Gasteiger partial charge is 0.255 e. The van der Waals surface area contributed by atoms with Crippen LogP contribution in [0.1, 0.15) is 55.8 Å². The third-order valence-corrected chi connectivity index (χ3v) is 7.79. The number of carbonyl (C=O) groups is 2. The Labute approximate surface area is 216 Å². The molecule has 1 N–H and O–H groups in total. The van der Waals surface area contributed by atoms with Crippen LogP contribution < -0.4 is 15.8 Å². The van der Waals surface area contributed by atoms with Crippen LogP contribution in [-0.2, 0) is 12.8 Å². The van der Waals surface area contributed by atoms with Gasteiger partial charge in [0.25, 0.3) is 5.91 Å². The highest BCUT2D eigenvalue weighted by molar-refractivity contribution is 6.24. The Kier molecular flexibility index (Phi) is 5.84. The highest BCUT2D eigenvalue weighted by Gasteiger charge is 2.21. The quantitative estimate of drug-likeness (QED) is 0.387. The Balaban J connectivity index is 1.37. The summed E-state index contributed by atoms with van der Waals surface area (Å²) >= 11 is 0. The summed E-state index contributed by atoms with van der Waals surface area (Å²) in [7, 11) is 0. The summed E-state index contributed by atoms with van der Waals surface area (Å²) in [6.07, 6.45) is 5.99. The molecule has 3 heteroatoms. The number of carbonyl (C=O) groups excluding carboxylic acids is 2. The van der Waals surface area contributed by atoms with Crippen LogP contribution in [0.2, 0.25) is 0 Å². The van der Waals surface area contributed by atoms with Gasteiger partial charge in [0.2, 0.25) is 0 Å². The number of ketones is 1. The summed E-state index contributed by atoms with van der Waals surface area (Å²) in [6.45, 7) is 3.87. The van der Waals surface area contributed by atoms with E-state index in [0.29, 0.717) is 11.1 Å². The van der Waals surface area contributed by atoms with E-state index in [1.54, 1.807) is 0 Å². The van der Waals surface area contributed by atoms with Crippen molar-refractivity contribution in [1.82, 2.24) is 0 Å². The number of Topliss-reactive ketones (excluding diaryl/α,β-unsaturated/α-hetero) is 1. The lowest BCUT2D eigenvalue weighted by Crippen LogP contribution is -2.25. The van der Waals surface area contributed by atoms with Gasteiger partial charge in [0.05, 0.1) is 0 Å². The third kappa shape index (κ3) is 4.11. The lowest BCUT2D eigenvalue weighted by atomic mass is 9.83. The Morgan fingerprint density at radius 1 is 0.730 bits per heavy atom. The SMILES string of the molecule is Cc1cc(C(=O)C2=c3ccc4c(c3CCC2)CC=c2ccccc2=4)ccc1NC(=O)c1ccccc1C. The first kappa shape index (κ1) is 23.2. The maximum atomic E-state index is 13.7. The number of amides is 1. The van der Waals surface area contributed by atoms with Gasteiger partial charge < -0.3 is 5.32 Å². The molecule has 0 aromatic heterocycles. The number of fused-ring (bicyclic) bond motifs is 4. The van der Waals surface area contributed by atoms with E-state index in [9.17, 15) is 9.59 Å². The van der Waals surface area contributed by atoms with Gasteiger partial charge >= 0.3 is 0 Å². The molecule has 0 atom stereocenters. The molecule has 2 aliphatic rings. The van der Waals surface area contributed by atoms with Crippen LogP contribution in [0.4, 0.5) is 5.69 Å². The van der Waals surface area contributed by atoms with Crippen molar-refractivity contribution in [3.05, 3.63) is 133 Å². The molecule has 37 heavy (non-hydrogen) atoms. The summed E-state index contributed by atoms with van der Waals surface area (Å²) in [5.74, 6) is -0.0556. The first-order valence-corrected chi connectivity index (χ1v) is 13.0. The number of nitrogens with one attached hydrogen (secondary N) is 1. The van der Waals surface area contributed by atoms with E-state index >= 15 is 0 Å². The fraction of sp³-hybridized carbons (Fsp3) is 0.176.